The zero-order chi connectivity index (χ0) is 16.2. The van der Waals surface area contributed by atoms with Gasteiger partial charge in [0.05, 0.1) is 32.1 Å². The number of anilines is 1. The summed E-state index contributed by atoms with van der Waals surface area (Å²) in [6.45, 7) is 1.28. The van der Waals surface area contributed by atoms with Crippen LogP contribution in [0.5, 0.6) is 11.5 Å². The van der Waals surface area contributed by atoms with Gasteiger partial charge < -0.3 is 19.7 Å². The van der Waals surface area contributed by atoms with Crippen LogP contribution < -0.4 is 14.8 Å². The van der Waals surface area contributed by atoms with E-state index in [1.165, 1.54) is 0 Å². The second-order valence-electron chi connectivity index (χ2n) is 5.27. The highest BCUT2D eigenvalue weighted by atomic mass is 16.5. The molecule has 1 N–H and O–H groups in total. The Hall–Kier alpha value is -2.77. The molecular weight excluding hydrogens is 298 g/mol. The zero-order valence-electron chi connectivity index (χ0n) is 13.1. The first-order chi connectivity index (χ1) is 11.2. The van der Waals surface area contributed by atoms with Crippen LogP contribution in [0.25, 0.3) is 0 Å². The Morgan fingerprint density at radius 1 is 1.35 bits per heavy atom. The number of methoxy groups -OCH3 is 2. The number of urea groups is 1. The standard InChI is InChI=1S/C15H19N5O3/c1-22-12-3-4-13(14(9-12)23-2)17-15(21)19-7-5-11(10-19)20-8-6-16-18-20/h3-4,6,8-9,11H,5,7,10H2,1-2H3,(H,17,21). The molecule has 1 aromatic carbocycles. The largest absolute Gasteiger partial charge is 0.497 e. The van der Waals surface area contributed by atoms with Gasteiger partial charge in [0.25, 0.3) is 0 Å². The van der Waals surface area contributed by atoms with Crippen molar-refractivity contribution in [3.63, 3.8) is 0 Å². The summed E-state index contributed by atoms with van der Waals surface area (Å²) >= 11 is 0. The lowest BCUT2D eigenvalue weighted by Gasteiger charge is -2.18. The van der Waals surface area contributed by atoms with E-state index in [2.05, 4.69) is 15.6 Å². The van der Waals surface area contributed by atoms with Crippen LogP contribution in [0.4, 0.5) is 10.5 Å². The lowest BCUT2D eigenvalue weighted by molar-refractivity contribution is 0.220. The van der Waals surface area contributed by atoms with E-state index in [-0.39, 0.29) is 12.1 Å². The SMILES string of the molecule is COc1ccc(NC(=O)N2CCC(n3ccnn3)C2)c(OC)c1. The van der Waals surface area contributed by atoms with Crippen LogP contribution in [-0.4, -0.2) is 53.2 Å². The van der Waals surface area contributed by atoms with Crippen molar-refractivity contribution in [2.75, 3.05) is 32.6 Å². The molecule has 0 radical (unpaired) electrons. The van der Waals surface area contributed by atoms with Crippen LogP contribution in [0.3, 0.4) is 0 Å². The maximum atomic E-state index is 12.4. The third-order valence-electron chi connectivity index (χ3n) is 3.92. The van der Waals surface area contributed by atoms with E-state index < -0.39 is 0 Å². The van der Waals surface area contributed by atoms with E-state index in [0.717, 1.165) is 6.42 Å². The van der Waals surface area contributed by atoms with Crippen molar-refractivity contribution in [1.29, 1.82) is 0 Å². The maximum Gasteiger partial charge on any atom is 0.322 e. The molecule has 2 aromatic rings. The highest BCUT2D eigenvalue weighted by Crippen LogP contribution is 2.30. The number of likely N-dealkylation sites (tertiary alicyclic amines) is 1. The molecule has 3 rings (SSSR count). The molecule has 1 aliphatic heterocycles. The van der Waals surface area contributed by atoms with Crippen LogP contribution in [0.15, 0.2) is 30.6 Å². The van der Waals surface area contributed by atoms with Crippen LogP contribution >= 0.6 is 0 Å². The van der Waals surface area contributed by atoms with Crippen molar-refractivity contribution in [2.24, 2.45) is 0 Å². The van der Waals surface area contributed by atoms with Crippen molar-refractivity contribution in [3.05, 3.63) is 30.6 Å². The summed E-state index contributed by atoms with van der Waals surface area (Å²) in [5, 5.41) is 10.7. The van der Waals surface area contributed by atoms with Crippen LogP contribution in [0.2, 0.25) is 0 Å². The summed E-state index contributed by atoms with van der Waals surface area (Å²) in [6, 6.07) is 5.29. The highest BCUT2D eigenvalue weighted by Gasteiger charge is 2.28. The van der Waals surface area contributed by atoms with E-state index in [9.17, 15) is 4.79 Å². The topological polar surface area (TPSA) is 81.5 Å². The van der Waals surface area contributed by atoms with Gasteiger partial charge in [0, 0.05) is 25.4 Å². The Bertz CT molecular complexity index is 674. The van der Waals surface area contributed by atoms with Gasteiger partial charge in [0.2, 0.25) is 0 Å². The Balaban J connectivity index is 1.66. The van der Waals surface area contributed by atoms with Gasteiger partial charge in [-0.2, -0.15) is 0 Å². The molecule has 1 atom stereocenters. The average molecular weight is 317 g/mol. The molecular formula is C15H19N5O3. The van der Waals surface area contributed by atoms with Crippen molar-refractivity contribution < 1.29 is 14.3 Å². The van der Waals surface area contributed by atoms with Crippen LogP contribution in [0, 0.1) is 0 Å². The Morgan fingerprint density at radius 2 is 2.22 bits per heavy atom. The number of carbonyl (C=O) groups excluding carboxylic acids is 1. The molecule has 0 aliphatic carbocycles. The minimum atomic E-state index is -0.156. The normalized spacial score (nSPS) is 17.1. The van der Waals surface area contributed by atoms with Crippen molar-refractivity contribution in [2.45, 2.75) is 12.5 Å². The zero-order valence-corrected chi connectivity index (χ0v) is 13.1. The van der Waals surface area contributed by atoms with Gasteiger partial charge in [-0.05, 0) is 18.6 Å². The van der Waals surface area contributed by atoms with E-state index in [0.29, 0.717) is 30.3 Å². The highest BCUT2D eigenvalue weighted by molar-refractivity contribution is 5.91. The quantitative estimate of drug-likeness (QED) is 0.929. The second-order valence-corrected chi connectivity index (χ2v) is 5.27. The predicted octanol–water partition coefficient (Wildman–Crippen LogP) is 1.77. The van der Waals surface area contributed by atoms with Crippen LogP contribution in [0.1, 0.15) is 12.5 Å². The number of amides is 2. The second kappa shape index (κ2) is 6.55. The van der Waals surface area contributed by atoms with Gasteiger partial charge in [-0.15, -0.1) is 5.10 Å². The predicted molar refractivity (Wildman–Crippen MR) is 83.8 cm³/mol. The van der Waals surface area contributed by atoms with Gasteiger partial charge >= 0.3 is 6.03 Å². The number of nitrogens with zero attached hydrogens (tertiary/aromatic N) is 4. The van der Waals surface area contributed by atoms with Gasteiger partial charge in [-0.25, -0.2) is 9.48 Å². The smallest absolute Gasteiger partial charge is 0.322 e. The number of aromatic nitrogens is 3. The van der Waals surface area contributed by atoms with Gasteiger partial charge in [0.1, 0.15) is 11.5 Å². The van der Waals surface area contributed by atoms with E-state index in [1.54, 1.807) is 48.2 Å². The fourth-order valence-electron chi connectivity index (χ4n) is 2.65. The van der Waals surface area contributed by atoms with Crippen LogP contribution in [-0.2, 0) is 0 Å². The van der Waals surface area contributed by atoms with Gasteiger partial charge in [0.15, 0.2) is 0 Å². The lowest BCUT2D eigenvalue weighted by atomic mass is 10.2. The molecule has 1 aromatic heterocycles. The first kappa shape index (κ1) is 15.1. The summed E-state index contributed by atoms with van der Waals surface area (Å²) in [5.41, 5.74) is 0.613. The fourth-order valence-corrected chi connectivity index (χ4v) is 2.65. The van der Waals surface area contributed by atoms with Gasteiger partial charge in [-0.1, -0.05) is 5.21 Å². The molecule has 0 saturated carbocycles. The minimum Gasteiger partial charge on any atom is -0.497 e. The van der Waals surface area contributed by atoms with E-state index >= 15 is 0 Å². The third-order valence-corrected chi connectivity index (χ3v) is 3.92. The molecule has 1 unspecified atom stereocenters. The molecule has 23 heavy (non-hydrogen) atoms. The van der Waals surface area contributed by atoms with Crippen molar-refractivity contribution in [3.8, 4) is 11.5 Å². The number of hydrogen-bond acceptors (Lipinski definition) is 5. The fraction of sp³-hybridized carbons (Fsp3) is 0.400. The number of rotatable bonds is 4. The molecule has 122 valence electrons. The summed E-state index contributed by atoms with van der Waals surface area (Å²) < 4.78 is 12.2. The van der Waals surface area contributed by atoms with Gasteiger partial charge in [-0.3, -0.25) is 0 Å². The monoisotopic (exact) mass is 317 g/mol. The first-order valence-corrected chi connectivity index (χ1v) is 7.35. The average Bonchev–Trinajstić information content (AvgIpc) is 3.26. The summed E-state index contributed by atoms with van der Waals surface area (Å²) in [7, 11) is 3.14. The Morgan fingerprint density at radius 3 is 2.91 bits per heavy atom. The molecule has 1 saturated heterocycles. The molecule has 0 bridgehead atoms. The first-order valence-electron chi connectivity index (χ1n) is 7.35. The summed E-state index contributed by atoms with van der Waals surface area (Å²) in [6.07, 6.45) is 4.32. The number of carbonyl (C=O) groups is 1. The summed E-state index contributed by atoms with van der Waals surface area (Å²) in [4.78, 5) is 14.2. The molecule has 8 heteroatoms. The molecule has 1 aliphatic rings. The minimum absolute atomic E-state index is 0.156. The van der Waals surface area contributed by atoms with E-state index in [1.807, 2.05) is 6.20 Å². The number of ether oxygens (including phenoxy) is 2. The third kappa shape index (κ3) is 3.20. The summed E-state index contributed by atoms with van der Waals surface area (Å²) in [5.74, 6) is 1.23. The van der Waals surface area contributed by atoms with Crippen molar-refractivity contribution >= 4 is 11.7 Å². The maximum absolute atomic E-state index is 12.4. The molecule has 2 amide bonds. The molecule has 0 spiro atoms. The molecule has 2 heterocycles. The molecule has 1 fully saturated rings. The van der Waals surface area contributed by atoms with Crippen molar-refractivity contribution in [1.82, 2.24) is 19.9 Å². The number of nitrogens with one attached hydrogen (secondary N) is 1. The Labute approximate surface area is 134 Å². The number of hydrogen-bond donors (Lipinski definition) is 1. The Kier molecular flexibility index (Phi) is 4.31. The van der Waals surface area contributed by atoms with E-state index in [4.69, 9.17) is 9.47 Å². The molecule has 8 nitrogen and oxygen atoms in total. The number of benzene rings is 1. The lowest BCUT2D eigenvalue weighted by Crippen LogP contribution is -2.33.